The van der Waals surface area contributed by atoms with Crippen LogP contribution in [0.2, 0.25) is 0 Å². The maximum atomic E-state index is 5.72. The Balaban J connectivity index is 1.78. The first-order valence-electron chi connectivity index (χ1n) is 8.27. The molecule has 1 heterocycles. The highest BCUT2D eigenvalue weighted by Crippen LogP contribution is 2.24. The fourth-order valence-corrected chi connectivity index (χ4v) is 3.03. The third-order valence-electron chi connectivity index (χ3n) is 4.19. The van der Waals surface area contributed by atoms with Crippen molar-refractivity contribution < 1.29 is 4.74 Å². The summed E-state index contributed by atoms with van der Waals surface area (Å²) in [6, 6.07) is 10.9. The summed E-state index contributed by atoms with van der Waals surface area (Å²) in [5.41, 5.74) is 1.48. The van der Waals surface area contributed by atoms with Gasteiger partial charge in [0.05, 0.1) is 6.10 Å². The van der Waals surface area contributed by atoms with Crippen LogP contribution in [0.5, 0.6) is 0 Å². The maximum absolute atomic E-state index is 5.72. The molecule has 112 valence electrons. The Bertz CT molecular complexity index is 346. The van der Waals surface area contributed by atoms with E-state index in [4.69, 9.17) is 4.74 Å². The molecule has 1 saturated heterocycles. The lowest BCUT2D eigenvalue weighted by molar-refractivity contribution is 0.101. The van der Waals surface area contributed by atoms with Gasteiger partial charge in [-0.05, 0) is 50.1 Å². The molecule has 2 heteroatoms. The van der Waals surface area contributed by atoms with Crippen molar-refractivity contribution in [1.82, 2.24) is 5.32 Å². The molecule has 1 aromatic carbocycles. The highest BCUT2D eigenvalue weighted by atomic mass is 16.5. The molecule has 0 amide bonds. The van der Waals surface area contributed by atoms with E-state index in [1.807, 2.05) is 0 Å². The number of benzene rings is 1. The van der Waals surface area contributed by atoms with Crippen molar-refractivity contribution in [2.24, 2.45) is 0 Å². The standard InChI is InChI=1S/C18H29NO/c1-2-13-19-15-17(16-8-4-3-5-9-16)10-6-11-18-12-7-14-20-18/h3-5,8-9,17-19H,2,6-7,10-15H2,1H3. The fourth-order valence-electron chi connectivity index (χ4n) is 3.03. The normalized spacial score (nSPS) is 20.1. The van der Waals surface area contributed by atoms with Crippen molar-refractivity contribution in [2.45, 2.75) is 57.5 Å². The lowest BCUT2D eigenvalue weighted by atomic mass is 9.92. The molecule has 1 aliphatic heterocycles. The van der Waals surface area contributed by atoms with Gasteiger partial charge in [0.2, 0.25) is 0 Å². The number of nitrogens with one attached hydrogen (secondary N) is 1. The maximum Gasteiger partial charge on any atom is 0.0576 e. The fraction of sp³-hybridized carbons (Fsp3) is 0.667. The van der Waals surface area contributed by atoms with Gasteiger partial charge in [-0.1, -0.05) is 43.7 Å². The van der Waals surface area contributed by atoms with Crippen molar-refractivity contribution in [1.29, 1.82) is 0 Å². The second-order valence-corrected chi connectivity index (χ2v) is 5.88. The van der Waals surface area contributed by atoms with Crippen LogP contribution < -0.4 is 5.32 Å². The van der Waals surface area contributed by atoms with Crippen LogP contribution in [0.15, 0.2) is 30.3 Å². The van der Waals surface area contributed by atoms with Crippen LogP contribution in [0.4, 0.5) is 0 Å². The minimum atomic E-state index is 0.537. The molecule has 2 rings (SSSR count). The molecule has 1 N–H and O–H groups in total. The van der Waals surface area contributed by atoms with E-state index >= 15 is 0 Å². The lowest BCUT2D eigenvalue weighted by Crippen LogP contribution is -2.22. The number of rotatable bonds is 9. The van der Waals surface area contributed by atoms with Crippen LogP contribution >= 0.6 is 0 Å². The second-order valence-electron chi connectivity index (χ2n) is 5.88. The van der Waals surface area contributed by atoms with Gasteiger partial charge in [-0.15, -0.1) is 0 Å². The summed E-state index contributed by atoms with van der Waals surface area (Å²) in [5, 5.41) is 3.58. The lowest BCUT2D eigenvalue weighted by Gasteiger charge is -2.19. The van der Waals surface area contributed by atoms with Crippen molar-refractivity contribution >= 4 is 0 Å². The highest BCUT2D eigenvalue weighted by Gasteiger charge is 2.16. The highest BCUT2D eigenvalue weighted by molar-refractivity contribution is 5.19. The predicted molar refractivity (Wildman–Crippen MR) is 85.2 cm³/mol. The van der Waals surface area contributed by atoms with E-state index in [1.165, 1.54) is 44.1 Å². The first kappa shape index (κ1) is 15.5. The molecule has 0 aromatic heterocycles. The van der Waals surface area contributed by atoms with Gasteiger partial charge in [-0.2, -0.15) is 0 Å². The Labute approximate surface area is 123 Å². The van der Waals surface area contributed by atoms with Gasteiger partial charge >= 0.3 is 0 Å². The van der Waals surface area contributed by atoms with Gasteiger partial charge in [-0.3, -0.25) is 0 Å². The van der Waals surface area contributed by atoms with E-state index < -0.39 is 0 Å². The van der Waals surface area contributed by atoms with Gasteiger partial charge in [0.25, 0.3) is 0 Å². The minimum Gasteiger partial charge on any atom is -0.378 e. The van der Waals surface area contributed by atoms with Crippen LogP contribution in [0.25, 0.3) is 0 Å². The average Bonchev–Trinajstić information content (AvgIpc) is 3.00. The van der Waals surface area contributed by atoms with E-state index in [9.17, 15) is 0 Å². The van der Waals surface area contributed by atoms with Crippen LogP contribution in [0, 0.1) is 0 Å². The Morgan fingerprint density at radius 2 is 2.15 bits per heavy atom. The Hall–Kier alpha value is -0.860. The van der Waals surface area contributed by atoms with Gasteiger partial charge in [0.15, 0.2) is 0 Å². The third kappa shape index (κ3) is 5.26. The van der Waals surface area contributed by atoms with Crippen LogP contribution in [0.1, 0.15) is 56.9 Å². The monoisotopic (exact) mass is 275 g/mol. The van der Waals surface area contributed by atoms with E-state index in [0.29, 0.717) is 12.0 Å². The quantitative estimate of drug-likeness (QED) is 0.685. The smallest absolute Gasteiger partial charge is 0.0576 e. The minimum absolute atomic E-state index is 0.537. The molecular weight excluding hydrogens is 246 g/mol. The summed E-state index contributed by atoms with van der Waals surface area (Å²) in [7, 11) is 0. The van der Waals surface area contributed by atoms with E-state index in [0.717, 1.165) is 19.7 Å². The zero-order valence-corrected chi connectivity index (χ0v) is 12.8. The zero-order valence-electron chi connectivity index (χ0n) is 12.8. The summed E-state index contributed by atoms with van der Waals surface area (Å²) < 4.78 is 5.72. The molecule has 2 nitrogen and oxygen atoms in total. The summed E-state index contributed by atoms with van der Waals surface area (Å²) >= 11 is 0. The summed E-state index contributed by atoms with van der Waals surface area (Å²) in [4.78, 5) is 0. The predicted octanol–water partition coefficient (Wildman–Crippen LogP) is 4.12. The van der Waals surface area contributed by atoms with E-state index in [1.54, 1.807) is 0 Å². The molecule has 0 radical (unpaired) electrons. The summed E-state index contributed by atoms with van der Waals surface area (Å²) in [5.74, 6) is 0.643. The van der Waals surface area contributed by atoms with Crippen molar-refractivity contribution in [3.05, 3.63) is 35.9 Å². The zero-order chi connectivity index (χ0) is 14.0. The van der Waals surface area contributed by atoms with Gasteiger partial charge in [0, 0.05) is 13.2 Å². The largest absolute Gasteiger partial charge is 0.378 e. The molecule has 20 heavy (non-hydrogen) atoms. The van der Waals surface area contributed by atoms with Gasteiger partial charge in [0.1, 0.15) is 0 Å². The first-order valence-corrected chi connectivity index (χ1v) is 8.27. The second kappa shape index (κ2) is 9.15. The SMILES string of the molecule is CCCNCC(CCCC1CCCO1)c1ccccc1. The molecule has 1 aromatic rings. The average molecular weight is 275 g/mol. The van der Waals surface area contributed by atoms with Crippen molar-refractivity contribution in [3.8, 4) is 0 Å². The topological polar surface area (TPSA) is 21.3 Å². The molecule has 0 spiro atoms. The van der Waals surface area contributed by atoms with Gasteiger partial charge < -0.3 is 10.1 Å². The van der Waals surface area contributed by atoms with Crippen molar-refractivity contribution in [2.75, 3.05) is 19.7 Å². The Morgan fingerprint density at radius 1 is 1.30 bits per heavy atom. The first-order chi connectivity index (χ1) is 9.90. The molecular formula is C18H29NO. The Kier molecular flexibility index (Phi) is 7.10. The third-order valence-corrected chi connectivity index (χ3v) is 4.19. The van der Waals surface area contributed by atoms with Crippen LogP contribution in [0.3, 0.4) is 0 Å². The number of ether oxygens (including phenoxy) is 1. The molecule has 0 bridgehead atoms. The van der Waals surface area contributed by atoms with Crippen LogP contribution in [-0.4, -0.2) is 25.8 Å². The van der Waals surface area contributed by atoms with E-state index in [2.05, 4.69) is 42.6 Å². The Morgan fingerprint density at radius 3 is 2.85 bits per heavy atom. The van der Waals surface area contributed by atoms with Gasteiger partial charge in [-0.25, -0.2) is 0 Å². The molecule has 1 aliphatic rings. The number of hydrogen-bond donors (Lipinski definition) is 1. The van der Waals surface area contributed by atoms with Crippen LogP contribution in [-0.2, 0) is 4.74 Å². The van der Waals surface area contributed by atoms with E-state index in [-0.39, 0.29) is 0 Å². The summed E-state index contributed by atoms with van der Waals surface area (Å²) in [6.07, 6.45) is 8.04. The molecule has 0 aliphatic carbocycles. The van der Waals surface area contributed by atoms with Crippen molar-refractivity contribution in [3.63, 3.8) is 0 Å². The molecule has 0 saturated carbocycles. The summed E-state index contributed by atoms with van der Waals surface area (Å²) in [6.45, 7) is 5.42. The number of hydrogen-bond acceptors (Lipinski definition) is 2. The molecule has 2 unspecified atom stereocenters. The molecule has 1 fully saturated rings. The molecule has 2 atom stereocenters.